The van der Waals surface area contributed by atoms with Gasteiger partial charge in [0.05, 0.1) is 22.3 Å². The Balaban J connectivity index is 1.65. The highest BCUT2D eigenvalue weighted by atomic mass is 35.5. The first-order chi connectivity index (χ1) is 11.6. The fourth-order valence-corrected chi connectivity index (χ4v) is 2.93. The first kappa shape index (κ1) is 16.7. The van der Waals surface area contributed by atoms with Crippen LogP contribution >= 0.6 is 23.2 Å². The molecular formula is C17H15Cl2N3O2. The van der Waals surface area contributed by atoms with Gasteiger partial charge in [0, 0.05) is 18.4 Å². The minimum absolute atomic E-state index is 0.230. The van der Waals surface area contributed by atoms with E-state index in [0.29, 0.717) is 35.2 Å². The molecule has 24 heavy (non-hydrogen) atoms. The van der Waals surface area contributed by atoms with Gasteiger partial charge in [0.25, 0.3) is 0 Å². The van der Waals surface area contributed by atoms with Gasteiger partial charge in [0.2, 0.25) is 11.8 Å². The number of amides is 2. The number of nitrogens with zero attached hydrogens (tertiary/aromatic N) is 2. The third kappa shape index (κ3) is 3.52. The van der Waals surface area contributed by atoms with Crippen LogP contribution in [0.25, 0.3) is 0 Å². The van der Waals surface area contributed by atoms with Crippen molar-refractivity contribution in [2.75, 3.05) is 11.4 Å². The van der Waals surface area contributed by atoms with E-state index in [0.717, 1.165) is 5.69 Å². The fourth-order valence-electron chi connectivity index (χ4n) is 2.64. The van der Waals surface area contributed by atoms with Gasteiger partial charge in [-0.3, -0.25) is 14.6 Å². The van der Waals surface area contributed by atoms with Crippen molar-refractivity contribution in [2.24, 2.45) is 5.92 Å². The molecule has 1 aromatic carbocycles. The average molecular weight is 364 g/mol. The van der Waals surface area contributed by atoms with Gasteiger partial charge < -0.3 is 10.2 Å². The second-order valence-corrected chi connectivity index (χ2v) is 6.28. The van der Waals surface area contributed by atoms with Crippen molar-refractivity contribution >= 4 is 40.7 Å². The Kier molecular flexibility index (Phi) is 5.02. The zero-order valence-corrected chi connectivity index (χ0v) is 14.2. The largest absolute Gasteiger partial charge is 0.350 e. The maximum Gasteiger partial charge on any atom is 0.239 e. The molecule has 1 aliphatic rings. The zero-order chi connectivity index (χ0) is 17.1. The lowest BCUT2D eigenvalue weighted by Gasteiger charge is -2.17. The molecule has 5 nitrogen and oxygen atoms in total. The van der Waals surface area contributed by atoms with Crippen LogP contribution in [0.3, 0.4) is 0 Å². The van der Waals surface area contributed by atoms with Gasteiger partial charge in [-0.05, 0) is 36.8 Å². The molecule has 1 saturated heterocycles. The molecule has 1 unspecified atom stereocenters. The summed E-state index contributed by atoms with van der Waals surface area (Å²) in [5.41, 5.74) is 1.40. The van der Waals surface area contributed by atoms with Crippen LogP contribution in [0.2, 0.25) is 10.0 Å². The summed E-state index contributed by atoms with van der Waals surface area (Å²) in [7, 11) is 0. The first-order valence-electron chi connectivity index (χ1n) is 7.50. The Bertz CT molecular complexity index is 768. The van der Waals surface area contributed by atoms with Gasteiger partial charge in [-0.2, -0.15) is 0 Å². The molecule has 2 amide bonds. The van der Waals surface area contributed by atoms with Gasteiger partial charge in [-0.15, -0.1) is 0 Å². The number of nitrogens with one attached hydrogen (secondary N) is 1. The highest BCUT2D eigenvalue weighted by Crippen LogP contribution is 2.31. The summed E-state index contributed by atoms with van der Waals surface area (Å²) in [6, 6.07) is 10.5. The van der Waals surface area contributed by atoms with E-state index in [2.05, 4.69) is 10.3 Å². The summed E-state index contributed by atoms with van der Waals surface area (Å²) in [6.45, 7) is 0.773. The second-order valence-electron chi connectivity index (χ2n) is 5.47. The number of hydrogen-bond donors (Lipinski definition) is 1. The van der Waals surface area contributed by atoms with Gasteiger partial charge in [-0.25, -0.2) is 0 Å². The zero-order valence-electron chi connectivity index (χ0n) is 12.7. The van der Waals surface area contributed by atoms with Crippen molar-refractivity contribution in [1.82, 2.24) is 10.3 Å². The van der Waals surface area contributed by atoms with Gasteiger partial charge >= 0.3 is 0 Å². The molecule has 124 valence electrons. The van der Waals surface area contributed by atoms with Crippen LogP contribution in [-0.2, 0) is 16.1 Å². The summed E-state index contributed by atoms with van der Waals surface area (Å²) in [5.74, 6) is -1.21. The SMILES string of the molecule is O=C(NCc1ccccn1)C1CCN(c2ccc(Cl)c(Cl)c2)C1=O. The molecule has 1 N–H and O–H groups in total. The van der Waals surface area contributed by atoms with E-state index in [9.17, 15) is 9.59 Å². The summed E-state index contributed by atoms with van der Waals surface area (Å²) < 4.78 is 0. The van der Waals surface area contributed by atoms with Crippen LogP contribution in [0.1, 0.15) is 12.1 Å². The molecule has 2 heterocycles. The highest BCUT2D eigenvalue weighted by molar-refractivity contribution is 6.42. The predicted octanol–water partition coefficient (Wildman–Crippen LogP) is 3.06. The Morgan fingerprint density at radius 3 is 2.79 bits per heavy atom. The number of anilines is 1. The van der Waals surface area contributed by atoms with Crippen LogP contribution in [0.15, 0.2) is 42.6 Å². The Morgan fingerprint density at radius 2 is 2.08 bits per heavy atom. The molecular weight excluding hydrogens is 349 g/mol. The second kappa shape index (κ2) is 7.20. The van der Waals surface area contributed by atoms with Crippen LogP contribution < -0.4 is 10.2 Å². The minimum atomic E-state index is -0.692. The number of hydrogen-bond acceptors (Lipinski definition) is 3. The molecule has 0 aliphatic carbocycles. The number of rotatable bonds is 4. The molecule has 2 aromatic rings. The van der Waals surface area contributed by atoms with E-state index in [-0.39, 0.29) is 11.8 Å². The van der Waals surface area contributed by atoms with E-state index in [1.54, 1.807) is 35.4 Å². The van der Waals surface area contributed by atoms with E-state index < -0.39 is 5.92 Å². The Morgan fingerprint density at radius 1 is 1.25 bits per heavy atom. The van der Waals surface area contributed by atoms with Crippen LogP contribution in [0, 0.1) is 5.92 Å². The number of carbonyl (C=O) groups excluding carboxylic acids is 2. The van der Waals surface area contributed by atoms with E-state index >= 15 is 0 Å². The van der Waals surface area contributed by atoms with Gasteiger partial charge in [0.1, 0.15) is 5.92 Å². The van der Waals surface area contributed by atoms with E-state index in [4.69, 9.17) is 23.2 Å². The quantitative estimate of drug-likeness (QED) is 0.849. The first-order valence-corrected chi connectivity index (χ1v) is 8.26. The smallest absolute Gasteiger partial charge is 0.239 e. The van der Waals surface area contributed by atoms with Crippen LogP contribution in [0.5, 0.6) is 0 Å². The van der Waals surface area contributed by atoms with Crippen molar-refractivity contribution in [2.45, 2.75) is 13.0 Å². The number of benzene rings is 1. The minimum Gasteiger partial charge on any atom is -0.350 e. The van der Waals surface area contributed by atoms with Crippen molar-refractivity contribution in [3.63, 3.8) is 0 Å². The lowest BCUT2D eigenvalue weighted by atomic mass is 10.1. The molecule has 7 heteroatoms. The maximum absolute atomic E-state index is 12.5. The van der Waals surface area contributed by atoms with E-state index in [1.165, 1.54) is 0 Å². The topological polar surface area (TPSA) is 62.3 Å². The molecule has 1 aliphatic heterocycles. The molecule has 0 spiro atoms. The molecule has 1 atom stereocenters. The number of pyridine rings is 1. The molecule has 0 radical (unpaired) electrons. The molecule has 3 rings (SSSR count). The fraction of sp³-hybridized carbons (Fsp3) is 0.235. The number of halogens is 2. The number of carbonyl (C=O) groups is 2. The number of aromatic nitrogens is 1. The summed E-state index contributed by atoms with van der Waals surface area (Å²) >= 11 is 11.9. The van der Waals surface area contributed by atoms with E-state index in [1.807, 2.05) is 12.1 Å². The summed E-state index contributed by atoms with van der Waals surface area (Å²) in [5, 5.41) is 3.57. The molecule has 0 saturated carbocycles. The summed E-state index contributed by atoms with van der Waals surface area (Å²) in [4.78, 5) is 30.5. The predicted molar refractivity (Wildman–Crippen MR) is 93.0 cm³/mol. The lowest BCUT2D eigenvalue weighted by molar-refractivity contribution is -0.132. The third-order valence-corrected chi connectivity index (χ3v) is 4.65. The maximum atomic E-state index is 12.5. The molecule has 0 bridgehead atoms. The molecule has 1 fully saturated rings. The molecule has 1 aromatic heterocycles. The third-order valence-electron chi connectivity index (χ3n) is 3.91. The van der Waals surface area contributed by atoms with Crippen molar-refractivity contribution < 1.29 is 9.59 Å². The lowest BCUT2D eigenvalue weighted by Crippen LogP contribution is -2.36. The van der Waals surface area contributed by atoms with Crippen molar-refractivity contribution in [1.29, 1.82) is 0 Å². The van der Waals surface area contributed by atoms with Crippen LogP contribution in [-0.4, -0.2) is 23.3 Å². The summed E-state index contributed by atoms with van der Waals surface area (Å²) in [6.07, 6.45) is 2.13. The van der Waals surface area contributed by atoms with Crippen molar-refractivity contribution in [3.8, 4) is 0 Å². The Labute approximate surface area is 149 Å². The standard InChI is InChI=1S/C17H15Cl2N3O2/c18-14-5-4-12(9-15(14)19)22-8-6-13(17(22)24)16(23)21-10-11-3-1-2-7-20-11/h1-5,7,9,13H,6,8,10H2,(H,21,23). The van der Waals surface area contributed by atoms with Gasteiger partial charge in [0.15, 0.2) is 0 Å². The normalized spacial score (nSPS) is 17.2. The highest BCUT2D eigenvalue weighted by Gasteiger charge is 2.37. The van der Waals surface area contributed by atoms with Gasteiger partial charge in [-0.1, -0.05) is 29.3 Å². The van der Waals surface area contributed by atoms with Crippen LogP contribution in [0.4, 0.5) is 5.69 Å². The monoisotopic (exact) mass is 363 g/mol. The van der Waals surface area contributed by atoms with Crippen molar-refractivity contribution in [3.05, 3.63) is 58.3 Å². The Hall–Kier alpha value is -2.11. The average Bonchev–Trinajstić information content (AvgIpc) is 2.98.